The molecule has 0 unspecified atom stereocenters. The number of Topliss-reactive ketones (excluding diaryl/α,β-unsaturated/α-hetero) is 1. The van der Waals surface area contributed by atoms with E-state index in [9.17, 15) is 9.59 Å². The zero-order chi connectivity index (χ0) is 19.1. The molecule has 28 heavy (non-hydrogen) atoms. The highest BCUT2D eigenvalue weighted by molar-refractivity contribution is 7.99. The number of hydrogen-bond acceptors (Lipinski definition) is 4. The van der Waals surface area contributed by atoms with Gasteiger partial charge in [-0.25, -0.2) is 4.98 Å². The first kappa shape index (κ1) is 16.8. The van der Waals surface area contributed by atoms with Crippen LogP contribution in [0.2, 0.25) is 0 Å². The zero-order valence-electron chi connectivity index (χ0n) is 14.8. The molecule has 0 radical (unpaired) electrons. The van der Waals surface area contributed by atoms with Crippen molar-refractivity contribution in [3.8, 4) is 11.3 Å². The molecular formula is C21H16N4O2S. The van der Waals surface area contributed by atoms with Gasteiger partial charge in [0.1, 0.15) is 0 Å². The van der Waals surface area contributed by atoms with Crippen molar-refractivity contribution >= 4 is 40.0 Å². The Labute approximate surface area is 165 Å². The molecule has 6 nitrogen and oxygen atoms in total. The molecule has 0 saturated carbocycles. The van der Waals surface area contributed by atoms with E-state index in [2.05, 4.69) is 19.9 Å². The fourth-order valence-corrected chi connectivity index (χ4v) is 4.29. The van der Waals surface area contributed by atoms with Crippen LogP contribution in [-0.4, -0.2) is 32.0 Å². The lowest BCUT2D eigenvalue weighted by atomic mass is 10.1. The number of anilines is 1. The number of ketones is 1. The Morgan fingerprint density at radius 1 is 1.11 bits per heavy atom. The maximum atomic E-state index is 12.5. The molecule has 4 aromatic rings. The number of nitrogens with one attached hydrogen (secondary N) is 2. The Morgan fingerprint density at radius 3 is 2.75 bits per heavy atom. The van der Waals surface area contributed by atoms with Crippen LogP contribution in [0.4, 0.5) is 5.69 Å². The van der Waals surface area contributed by atoms with E-state index in [4.69, 9.17) is 0 Å². The Bertz CT molecular complexity index is 1190. The van der Waals surface area contributed by atoms with Gasteiger partial charge in [0.15, 0.2) is 5.16 Å². The quantitative estimate of drug-likeness (QED) is 0.410. The highest BCUT2D eigenvalue weighted by Gasteiger charge is 2.20. The van der Waals surface area contributed by atoms with Gasteiger partial charge in [0.25, 0.3) is 11.7 Å². The van der Waals surface area contributed by atoms with Crippen molar-refractivity contribution in [1.29, 1.82) is 0 Å². The summed E-state index contributed by atoms with van der Waals surface area (Å²) in [5.74, 6) is -0.156. The number of rotatable bonds is 4. The van der Waals surface area contributed by atoms with Crippen molar-refractivity contribution in [2.75, 3.05) is 11.1 Å². The SMILES string of the molecule is O=C(Nc1ccc(-c2cn3c(n2)SCC3)cc1)C(=O)c1c[nH]c2ccccc12. The highest BCUT2D eigenvalue weighted by Crippen LogP contribution is 2.29. The van der Waals surface area contributed by atoms with Crippen molar-refractivity contribution in [1.82, 2.24) is 14.5 Å². The van der Waals surface area contributed by atoms with E-state index in [0.29, 0.717) is 11.3 Å². The van der Waals surface area contributed by atoms with Gasteiger partial charge in [0.05, 0.1) is 11.3 Å². The molecule has 138 valence electrons. The number of nitrogens with zero attached hydrogens (tertiary/aromatic N) is 2. The monoisotopic (exact) mass is 388 g/mol. The van der Waals surface area contributed by atoms with Crippen LogP contribution in [0, 0.1) is 0 Å². The molecule has 3 heterocycles. The number of carbonyl (C=O) groups is 2. The van der Waals surface area contributed by atoms with E-state index in [1.807, 2.05) is 42.6 Å². The normalized spacial score (nSPS) is 12.9. The molecule has 2 aromatic heterocycles. The fraction of sp³-hybridized carbons (Fsp3) is 0.0952. The van der Waals surface area contributed by atoms with E-state index in [1.54, 1.807) is 30.1 Å². The minimum absolute atomic E-state index is 0.370. The molecule has 0 saturated heterocycles. The van der Waals surface area contributed by atoms with Gasteiger partial charge in [-0.2, -0.15) is 0 Å². The van der Waals surface area contributed by atoms with Gasteiger partial charge in [-0.05, 0) is 18.2 Å². The van der Waals surface area contributed by atoms with Gasteiger partial charge in [0, 0.05) is 46.8 Å². The van der Waals surface area contributed by atoms with E-state index in [1.165, 1.54) is 0 Å². The number of hydrogen-bond donors (Lipinski definition) is 2. The molecule has 1 amide bonds. The lowest BCUT2D eigenvalue weighted by molar-refractivity contribution is -0.112. The first-order chi connectivity index (χ1) is 13.7. The van der Waals surface area contributed by atoms with E-state index < -0.39 is 11.7 Å². The van der Waals surface area contributed by atoms with Gasteiger partial charge < -0.3 is 14.9 Å². The Balaban J connectivity index is 1.32. The second-order valence-corrected chi connectivity index (χ2v) is 7.62. The molecule has 0 bridgehead atoms. The number of imidazole rings is 1. The molecule has 7 heteroatoms. The summed E-state index contributed by atoms with van der Waals surface area (Å²) in [5, 5.41) is 4.46. The van der Waals surface area contributed by atoms with Crippen LogP contribution < -0.4 is 5.32 Å². The number of carbonyl (C=O) groups excluding carboxylic acids is 2. The summed E-state index contributed by atoms with van der Waals surface area (Å²) in [7, 11) is 0. The average Bonchev–Trinajstić information content (AvgIpc) is 3.42. The molecule has 0 spiro atoms. The Hall–Kier alpha value is -3.32. The summed E-state index contributed by atoms with van der Waals surface area (Å²) in [4.78, 5) is 32.6. The van der Waals surface area contributed by atoms with Crippen LogP contribution in [0.3, 0.4) is 0 Å². The van der Waals surface area contributed by atoms with Gasteiger partial charge >= 0.3 is 0 Å². The predicted octanol–water partition coefficient (Wildman–Crippen LogP) is 3.96. The number of aryl methyl sites for hydroxylation is 1. The van der Waals surface area contributed by atoms with Crippen LogP contribution >= 0.6 is 11.8 Å². The minimum Gasteiger partial charge on any atom is -0.360 e. The van der Waals surface area contributed by atoms with Crippen LogP contribution in [0.25, 0.3) is 22.2 Å². The molecular weight excluding hydrogens is 372 g/mol. The van der Waals surface area contributed by atoms with E-state index in [0.717, 1.165) is 39.6 Å². The standard InChI is InChI=1S/C21H16N4O2S/c26-19(16-11-22-17-4-2-1-3-15(16)17)20(27)23-14-7-5-13(6-8-14)18-12-25-9-10-28-21(25)24-18/h1-8,11-12,22H,9-10H2,(H,23,27). The molecule has 2 N–H and O–H groups in total. The molecule has 1 aliphatic heterocycles. The van der Waals surface area contributed by atoms with Crippen LogP contribution in [-0.2, 0) is 11.3 Å². The van der Waals surface area contributed by atoms with Crippen LogP contribution in [0.5, 0.6) is 0 Å². The molecule has 0 aliphatic carbocycles. The summed E-state index contributed by atoms with van der Waals surface area (Å²) in [6.45, 7) is 0.983. The summed E-state index contributed by atoms with van der Waals surface area (Å²) >= 11 is 1.75. The molecule has 0 atom stereocenters. The third kappa shape index (κ3) is 2.90. The molecule has 2 aromatic carbocycles. The number of fused-ring (bicyclic) bond motifs is 2. The first-order valence-corrected chi connectivity index (χ1v) is 9.90. The number of benzene rings is 2. The lowest BCUT2D eigenvalue weighted by Gasteiger charge is -2.05. The maximum absolute atomic E-state index is 12.5. The number of para-hydroxylation sites is 1. The van der Waals surface area contributed by atoms with Gasteiger partial charge in [-0.1, -0.05) is 42.1 Å². The highest BCUT2D eigenvalue weighted by atomic mass is 32.2. The van der Waals surface area contributed by atoms with Gasteiger partial charge in [-0.3, -0.25) is 9.59 Å². The second kappa shape index (κ2) is 6.69. The zero-order valence-corrected chi connectivity index (χ0v) is 15.6. The summed E-state index contributed by atoms with van der Waals surface area (Å²) < 4.78 is 2.15. The Kier molecular flexibility index (Phi) is 4.02. The smallest absolute Gasteiger partial charge is 0.296 e. The van der Waals surface area contributed by atoms with Crippen molar-refractivity contribution < 1.29 is 9.59 Å². The molecule has 5 rings (SSSR count). The largest absolute Gasteiger partial charge is 0.360 e. The average molecular weight is 388 g/mol. The van der Waals surface area contributed by atoms with E-state index in [-0.39, 0.29) is 0 Å². The number of thioether (sulfide) groups is 1. The summed E-state index contributed by atoms with van der Waals surface area (Å²) in [6, 6.07) is 14.8. The van der Waals surface area contributed by atoms with Gasteiger partial charge in [0.2, 0.25) is 0 Å². The lowest BCUT2D eigenvalue weighted by Crippen LogP contribution is -2.22. The summed E-state index contributed by atoms with van der Waals surface area (Å²) in [5.41, 5.74) is 3.66. The van der Waals surface area contributed by atoms with Crippen molar-refractivity contribution in [2.45, 2.75) is 11.7 Å². The number of amides is 1. The minimum atomic E-state index is -0.658. The topological polar surface area (TPSA) is 79.8 Å². The van der Waals surface area contributed by atoms with Crippen molar-refractivity contribution in [2.24, 2.45) is 0 Å². The molecule has 0 fully saturated rings. The second-order valence-electron chi connectivity index (χ2n) is 6.56. The van der Waals surface area contributed by atoms with Crippen LogP contribution in [0.15, 0.2) is 66.1 Å². The first-order valence-electron chi connectivity index (χ1n) is 8.91. The van der Waals surface area contributed by atoms with Crippen LogP contribution in [0.1, 0.15) is 10.4 Å². The van der Waals surface area contributed by atoms with Gasteiger partial charge in [-0.15, -0.1) is 0 Å². The van der Waals surface area contributed by atoms with Crippen molar-refractivity contribution in [3.05, 3.63) is 66.5 Å². The third-order valence-corrected chi connectivity index (χ3v) is 5.75. The van der Waals surface area contributed by atoms with Crippen molar-refractivity contribution in [3.63, 3.8) is 0 Å². The number of H-pyrrole nitrogens is 1. The summed E-state index contributed by atoms with van der Waals surface area (Å²) in [6.07, 6.45) is 3.62. The van der Waals surface area contributed by atoms with E-state index >= 15 is 0 Å². The fourth-order valence-electron chi connectivity index (χ4n) is 3.34. The predicted molar refractivity (Wildman–Crippen MR) is 110 cm³/mol. The number of aromatic nitrogens is 3. The maximum Gasteiger partial charge on any atom is 0.296 e. The Morgan fingerprint density at radius 2 is 1.93 bits per heavy atom. The number of aromatic amines is 1. The third-order valence-electron chi connectivity index (χ3n) is 4.78. The molecule has 1 aliphatic rings.